The molecule has 2 fully saturated rings. The van der Waals surface area contributed by atoms with Crippen LogP contribution in [-0.4, -0.2) is 208 Å². The number of halogens is 2. The number of nitrogens with two attached hydrogens (primary N) is 2. The van der Waals surface area contributed by atoms with Gasteiger partial charge in [0.25, 0.3) is 0 Å². The summed E-state index contributed by atoms with van der Waals surface area (Å²) in [5.41, 5.74) is 8.47. The Morgan fingerprint density at radius 1 is 0.757 bits per heavy atom. The Hall–Kier alpha value is -9.49. The molecule has 1 unspecified atom stereocenters. The van der Waals surface area contributed by atoms with Crippen molar-refractivity contribution in [3.8, 4) is 45.6 Å². The Bertz CT molecular complexity index is 4300. The van der Waals surface area contributed by atoms with Crippen molar-refractivity contribution >= 4 is 76.5 Å². The van der Waals surface area contributed by atoms with Gasteiger partial charge in [0.15, 0.2) is 35.7 Å². The molecule has 35 heteroatoms. The maximum atomic E-state index is 16.3. The molecule has 0 aliphatic carbocycles. The Labute approximate surface area is 621 Å². The van der Waals surface area contributed by atoms with Crippen molar-refractivity contribution in [1.29, 1.82) is 0 Å². The number of carboxylic acid groups (broad SMARTS) is 1. The van der Waals surface area contributed by atoms with E-state index >= 15 is 19.2 Å². The summed E-state index contributed by atoms with van der Waals surface area (Å²) in [6.45, 7) is 8.68. The van der Waals surface area contributed by atoms with Crippen LogP contribution in [0, 0.1) is 5.92 Å². The predicted octanol–water partition coefficient (Wildman–Crippen LogP) is 2.05. The van der Waals surface area contributed by atoms with E-state index in [9.17, 15) is 75.0 Å². The molecule has 576 valence electrons. The number of ketones is 1. The molecule has 7 amide bonds. The van der Waals surface area contributed by atoms with E-state index in [0.717, 1.165) is 47.4 Å². The lowest BCUT2D eigenvalue weighted by Gasteiger charge is -2.47. The number of likely N-dealkylation sites (N-methyl/N-ethyl adjacent to an activating group) is 1. The minimum atomic E-state index is -2.24. The first-order chi connectivity index (χ1) is 50.3. The number of rotatable bonds is 14. The van der Waals surface area contributed by atoms with Crippen LogP contribution in [0.4, 0.5) is 4.79 Å². The van der Waals surface area contributed by atoms with Gasteiger partial charge < -0.3 is 118 Å². The van der Waals surface area contributed by atoms with Crippen molar-refractivity contribution in [2.24, 2.45) is 17.4 Å². The molecular weight excluding hydrogens is 1450 g/mol. The molecule has 12 rings (SSSR count). The van der Waals surface area contributed by atoms with Gasteiger partial charge in [-0.05, 0) is 116 Å². The van der Waals surface area contributed by atoms with Crippen LogP contribution in [-0.2, 0) is 63.7 Å². The molecule has 0 spiro atoms. The number of aliphatic hydroxyl groups is 6. The number of benzene rings is 5. The average molecular weight is 1530 g/mol. The van der Waals surface area contributed by atoms with E-state index in [1.807, 2.05) is 0 Å². The van der Waals surface area contributed by atoms with Crippen LogP contribution in [0.25, 0.3) is 11.1 Å². The molecule has 5 aromatic rings. The molecule has 7 aliphatic heterocycles. The van der Waals surface area contributed by atoms with Gasteiger partial charge in [0.05, 0.1) is 42.3 Å². The van der Waals surface area contributed by atoms with Gasteiger partial charge in [0.2, 0.25) is 41.7 Å². The summed E-state index contributed by atoms with van der Waals surface area (Å²) in [6, 6.07) is 2.19. The molecule has 5 aromatic carbocycles. The Kier molecular flexibility index (Phi) is 24.3. The second kappa shape index (κ2) is 32.5. The molecule has 107 heavy (non-hydrogen) atoms. The number of aromatic hydroxyl groups is 3. The number of hydrogen-bond donors (Lipinski definition) is 17. The third-order valence-corrected chi connectivity index (χ3v) is 19.8. The highest BCUT2D eigenvalue weighted by Crippen LogP contribution is 2.48. The summed E-state index contributed by atoms with van der Waals surface area (Å²) in [5, 5.41) is 126. The van der Waals surface area contributed by atoms with Gasteiger partial charge in [-0.3, -0.25) is 38.5 Å². The summed E-state index contributed by atoms with van der Waals surface area (Å²) >= 11 is 14.3. The molecule has 19 N–H and O–H groups in total. The second-order valence-corrected chi connectivity index (χ2v) is 28.9. The van der Waals surface area contributed by atoms with Crippen molar-refractivity contribution in [3.05, 3.63) is 128 Å². The fraction of sp³-hybridized carbons (Fsp3) is 0.458. The van der Waals surface area contributed by atoms with Gasteiger partial charge >= 0.3 is 12.1 Å². The van der Waals surface area contributed by atoms with Gasteiger partial charge in [0, 0.05) is 65.2 Å². The number of ether oxygens (including phenoxy) is 6. The molecule has 7 aliphatic rings. The van der Waals surface area contributed by atoms with E-state index in [-0.39, 0.29) is 67.9 Å². The third kappa shape index (κ3) is 17.4. The van der Waals surface area contributed by atoms with Gasteiger partial charge in [-0.1, -0.05) is 61.3 Å². The zero-order chi connectivity index (χ0) is 78.3. The first kappa shape index (κ1) is 80.1. The van der Waals surface area contributed by atoms with Crippen LogP contribution in [0.2, 0.25) is 10.0 Å². The van der Waals surface area contributed by atoms with Crippen molar-refractivity contribution in [1.82, 2.24) is 31.5 Å². The largest absolute Gasteiger partial charge is 0.508 e. The van der Waals surface area contributed by atoms with E-state index < -0.39 is 240 Å². The number of aliphatic hydroxyl groups excluding tert-OH is 6. The number of carbonyl (C=O) groups is 9. The Morgan fingerprint density at radius 2 is 1.44 bits per heavy atom. The molecule has 11 bridgehead atoms. The lowest BCUT2D eigenvalue weighted by Crippen LogP contribution is -2.64. The number of phenols is 3. The van der Waals surface area contributed by atoms with Crippen molar-refractivity contribution < 1.29 is 123 Å². The smallest absolute Gasteiger partial charge is 0.410 e. The number of carbonyl (C=O) groups excluding carboxylic acids is 8. The van der Waals surface area contributed by atoms with Crippen molar-refractivity contribution in [2.75, 3.05) is 13.7 Å². The van der Waals surface area contributed by atoms with E-state index in [4.69, 9.17) is 63.1 Å². The monoisotopic (exact) mass is 1530 g/mol. The van der Waals surface area contributed by atoms with E-state index in [0.29, 0.717) is 0 Å². The minimum Gasteiger partial charge on any atom is -0.508 e. The number of primary amides is 1. The maximum Gasteiger partial charge on any atom is 0.410 e. The molecule has 0 radical (unpaired) electrons. The molecule has 7 heterocycles. The summed E-state index contributed by atoms with van der Waals surface area (Å²) in [7, 11) is 1.27. The molecule has 18 atom stereocenters. The van der Waals surface area contributed by atoms with Gasteiger partial charge in [0.1, 0.15) is 83.7 Å². The number of carboxylic acids is 1. The maximum absolute atomic E-state index is 16.3. The average Bonchev–Trinajstić information content (AvgIpc) is 0.769. The first-order valence-corrected chi connectivity index (χ1v) is 34.8. The van der Waals surface area contributed by atoms with Gasteiger partial charge in [-0.15, -0.1) is 0 Å². The topological polar surface area (TPSA) is 527 Å². The van der Waals surface area contributed by atoms with Crippen LogP contribution < -0.4 is 47.5 Å². The summed E-state index contributed by atoms with van der Waals surface area (Å²) < 4.78 is 37.5. The van der Waals surface area contributed by atoms with Crippen LogP contribution in [0.1, 0.15) is 136 Å². The highest BCUT2D eigenvalue weighted by Gasteiger charge is 2.52. The fourth-order valence-corrected chi connectivity index (χ4v) is 14.1. The number of nitrogens with zero attached hydrogens (tertiary/aromatic N) is 1. The highest BCUT2D eigenvalue weighted by molar-refractivity contribution is 6.32. The number of Topliss-reactive ketones (excluding diaryl/α,β-unsaturated/α-hetero) is 1. The molecular formula is C72H84Cl2N8O25. The number of fused-ring (bicyclic) bond motifs is 15. The molecule has 33 nitrogen and oxygen atoms in total. The molecule has 2 saturated heterocycles. The number of amides is 7. The quantitative estimate of drug-likeness (QED) is 0.0756. The van der Waals surface area contributed by atoms with Crippen LogP contribution in [0.5, 0.6) is 34.5 Å². The van der Waals surface area contributed by atoms with Crippen LogP contribution in [0.3, 0.4) is 0 Å². The van der Waals surface area contributed by atoms with E-state index in [2.05, 4.69) is 26.6 Å². The summed E-state index contributed by atoms with van der Waals surface area (Å²) in [5.74, 6) is -16.5. The number of hydrogen-bond acceptors (Lipinski definition) is 25. The number of aliphatic carboxylic acids is 1. The molecule has 0 saturated carbocycles. The second-order valence-electron chi connectivity index (χ2n) is 28.1. The first-order valence-electron chi connectivity index (χ1n) is 34.1. The van der Waals surface area contributed by atoms with Gasteiger partial charge in [-0.2, -0.15) is 0 Å². The Balaban J connectivity index is 1.23. The van der Waals surface area contributed by atoms with Gasteiger partial charge in [-0.25, -0.2) is 9.59 Å². The van der Waals surface area contributed by atoms with Crippen molar-refractivity contribution in [2.45, 2.75) is 189 Å². The van der Waals surface area contributed by atoms with E-state index in [1.165, 1.54) is 57.3 Å². The fourth-order valence-electron chi connectivity index (χ4n) is 13.6. The van der Waals surface area contributed by atoms with E-state index in [1.54, 1.807) is 27.7 Å². The lowest BCUT2D eigenvalue weighted by molar-refractivity contribution is -0.333. The summed E-state index contributed by atoms with van der Waals surface area (Å²) in [4.78, 5) is 133. The van der Waals surface area contributed by atoms with Crippen molar-refractivity contribution in [3.63, 3.8) is 0 Å². The lowest BCUT2D eigenvalue weighted by atomic mass is 9.84. The SMILES string of the molecule is CC(C)C[C@H](C(=O)N[C@H]1C(=O)N[C@@H](CC(N)=O)C(=O)N[C@H]2C(=O)CC3C(=O)N[C@H](C(=O)N[C@@H](C(=O)O)c4cc(O)cc(O)c4-c4cc3ccc4O)[C@H](O)c3ccc(c(Cl)c3)Cc3cc2cc(c3O[C@@H]2O[C@H](CO)[C@@H](O)[C@H](O)[C@H]2O[C@H]2C[C@](C)(N)[C@H](O)[C@H](C)O2)Oc2ccc(cc2Cl)[C@H]1O)N(C)C(=O)OC(C)C. The third-order valence-electron chi connectivity index (χ3n) is 19.2. The molecule has 0 aromatic heterocycles. The zero-order valence-electron chi connectivity index (χ0n) is 58.7. The normalized spacial score (nSPS) is 28.6. The highest BCUT2D eigenvalue weighted by atomic mass is 35.5. The van der Waals surface area contributed by atoms with Crippen LogP contribution >= 0.6 is 23.2 Å². The standard InChI is InChI=1S/C72H84Cl2N8O25/c1-27(2)14-43(82(7)71(101)102-28(3)4)66(96)81-55-58(90)33-11-13-47(41(74)19-33)104-48-20-34-16-35(61(48)107-70-62(60(92)59(91)49(26-83)105-70)106-51-25-72(6,76)63(93)29(5)103-51)15-31-8-9-32(18-40(31)73)57(89)56-68(98)79-54(69(99)100)39-21-36(84)22-45(86)52(39)38-17-30(10-12-44(38)85)37(64(94)80-56)23-46(87)53(34)78-65(95)42(24-50(75)88)77-67(55)97/h8-13,16-22,27-29,37,42-43,49,51,53-60,62-63,70,83-86,89-93H,14-15,23-26,76H2,1-7H3,(H2,75,88)(H,77,97)(H,78,95)(H,79,98)(H,80,94)(H,81,96)(H,99,100)/t29-,37?,42-,43+,49+,51-,53+,54+,55+,56-,57+,58+,59+,60-,62+,63+,70-,72-/m0/s1. The number of nitrogens with one attached hydrogen (secondary N) is 5. The summed E-state index contributed by atoms with van der Waals surface area (Å²) in [6.07, 6.45) is -21.8. The zero-order valence-corrected chi connectivity index (χ0v) is 60.2. The van der Waals surface area contributed by atoms with Crippen LogP contribution in [0.15, 0.2) is 78.9 Å². The Morgan fingerprint density at radius 3 is 2.08 bits per heavy atom. The minimum absolute atomic E-state index is 0.0463. The number of phenolic OH excluding ortho intramolecular Hbond substituents is 3. The predicted molar refractivity (Wildman–Crippen MR) is 374 cm³/mol.